The van der Waals surface area contributed by atoms with Crippen LogP contribution >= 0.6 is 0 Å². The number of imidazole rings is 1. The van der Waals surface area contributed by atoms with Crippen LogP contribution in [0, 0.1) is 0 Å². The highest BCUT2D eigenvalue weighted by Gasteiger charge is 2.18. The van der Waals surface area contributed by atoms with Crippen LogP contribution in [-0.4, -0.2) is 51.2 Å². The lowest BCUT2D eigenvalue weighted by atomic mass is 10.2. The number of pyridine rings is 1. The molecular formula is C21H20N8O2S. The molecule has 32 heavy (non-hydrogen) atoms. The van der Waals surface area contributed by atoms with Crippen LogP contribution in [0.5, 0.6) is 0 Å². The van der Waals surface area contributed by atoms with Gasteiger partial charge in [-0.15, -0.1) is 0 Å². The maximum absolute atomic E-state index is 12.0. The first-order valence-corrected chi connectivity index (χ1v) is 11.6. The van der Waals surface area contributed by atoms with E-state index < -0.39 is 10.0 Å². The minimum atomic E-state index is -3.43. The third-order valence-corrected chi connectivity index (χ3v) is 6.35. The molecule has 11 heteroatoms. The Hall–Kier alpha value is -3.99. The Bertz CT molecular complexity index is 1540. The van der Waals surface area contributed by atoms with Gasteiger partial charge >= 0.3 is 0 Å². The van der Waals surface area contributed by atoms with Crippen LogP contribution in [0.1, 0.15) is 5.56 Å². The molecule has 2 N–H and O–H groups in total. The summed E-state index contributed by atoms with van der Waals surface area (Å²) in [6, 6.07) is 11.3. The van der Waals surface area contributed by atoms with E-state index in [2.05, 4.69) is 30.2 Å². The summed E-state index contributed by atoms with van der Waals surface area (Å²) in [5.74, 6) is 0.841. The molecule has 0 spiro atoms. The zero-order valence-electron chi connectivity index (χ0n) is 17.4. The number of aromatic amines is 1. The van der Waals surface area contributed by atoms with E-state index in [0.29, 0.717) is 18.3 Å². The Kier molecular flexibility index (Phi) is 4.74. The quantitative estimate of drug-likeness (QED) is 0.410. The second kappa shape index (κ2) is 7.61. The van der Waals surface area contributed by atoms with Crippen LogP contribution in [0.4, 0.5) is 17.5 Å². The summed E-state index contributed by atoms with van der Waals surface area (Å²) < 4.78 is 27.2. The molecule has 5 rings (SSSR count). The van der Waals surface area contributed by atoms with Crippen molar-refractivity contribution in [1.82, 2.24) is 29.5 Å². The Morgan fingerprint density at radius 3 is 2.88 bits per heavy atom. The van der Waals surface area contributed by atoms with Crippen LogP contribution < -0.4 is 9.62 Å². The fourth-order valence-corrected chi connectivity index (χ4v) is 3.96. The molecule has 5 aromatic rings. The van der Waals surface area contributed by atoms with Crippen LogP contribution in [0.2, 0.25) is 0 Å². The van der Waals surface area contributed by atoms with E-state index in [-0.39, 0.29) is 0 Å². The average molecular weight is 449 g/mol. The molecule has 0 aliphatic carbocycles. The zero-order valence-corrected chi connectivity index (χ0v) is 18.2. The first kappa shape index (κ1) is 19.9. The number of H-pyrrole nitrogens is 1. The molecule has 0 fully saturated rings. The molecule has 0 saturated heterocycles. The van der Waals surface area contributed by atoms with Crippen LogP contribution in [-0.2, 0) is 16.6 Å². The van der Waals surface area contributed by atoms with Crippen molar-refractivity contribution < 1.29 is 8.42 Å². The van der Waals surface area contributed by atoms with E-state index in [0.717, 1.165) is 39.6 Å². The summed E-state index contributed by atoms with van der Waals surface area (Å²) in [5, 5.41) is 4.10. The molecule has 0 atom stereocenters. The third-order valence-electron chi connectivity index (χ3n) is 5.18. The van der Waals surface area contributed by atoms with E-state index in [1.807, 2.05) is 41.1 Å². The minimum absolute atomic E-state index is 0.386. The van der Waals surface area contributed by atoms with Crippen LogP contribution in [0.3, 0.4) is 0 Å². The Morgan fingerprint density at radius 1 is 1.16 bits per heavy atom. The number of sulfonamides is 1. The molecular weight excluding hydrogens is 428 g/mol. The van der Waals surface area contributed by atoms with Crippen molar-refractivity contribution in [3.63, 3.8) is 0 Å². The van der Waals surface area contributed by atoms with Crippen molar-refractivity contribution in [2.45, 2.75) is 6.54 Å². The SMILES string of the molecule is CN(c1ncccc1Cn1ccc2cnc(Nc3ccc4nc[nH]c4c3)nc21)S(C)(=O)=O. The van der Waals surface area contributed by atoms with E-state index in [4.69, 9.17) is 0 Å². The van der Waals surface area contributed by atoms with Crippen LogP contribution in [0.15, 0.2) is 61.3 Å². The minimum Gasteiger partial charge on any atom is -0.345 e. The molecule has 162 valence electrons. The van der Waals surface area contributed by atoms with Gasteiger partial charge in [-0.05, 0) is 30.3 Å². The highest BCUT2D eigenvalue weighted by molar-refractivity contribution is 7.92. The topological polar surface area (TPSA) is 122 Å². The molecule has 0 bridgehead atoms. The van der Waals surface area contributed by atoms with E-state index in [9.17, 15) is 8.42 Å². The van der Waals surface area contributed by atoms with Crippen molar-refractivity contribution in [1.29, 1.82) is 0 Å². The summed E-state index contributed by atoms with van der Waals surface area (Å²) >= 11 is 0. The summed E-state index contributed by atoms with van der Waals surface area (Å²) in [6.45, 7) is 0.406. The van der Waals surface area contributed by atoms with Gasteiger partial charge in [0.05, 0.1) is 30.2 Å². The third kappa shape index (κ3) is 3.73. The summed E-state index contributed by atoms with van der Waals surface area (Å²) in [6.07, 6.45) is 8.04. The van der Waals surface area contributed by atoms with Crippen LogP contribution in [0.25, 0.3) is 22.1 Å². The van der Waals surface area contributed by atoms with Gasteiger partial charge in [0.15, 0.2) is 0 Å². The Balaban J connectivity index is 1.47. The van der Waals surface area contributed by atoms with Gasteiger partial charge in [0.2, 0.25) is 16.0 Å². The summed E-state index contributed by atoms with van der Waals surface area (Å²) in [7, 11) is -1.94. The number of aromatic nitrogens is 6. The smallest absolute Gasteiger partial charge is 0.233 e. The van der Waals surface area contributed by atoms with Gasteiger partial charge in [0, 0.05) is 42.3 Å². The van der Waals surface area contributed by atoms with E-state index >= 15 is 0 Å². The zero-order chi connectivity index (χ0) is 22.3. The lowest BCUT2D eigenvalue weighted by Gasteiger charge is -2.19. The van der Waals surface area contributed by atoms with Crippen molar-refractivity contribution in [3.8, 4) is 0 Å². The van der Waals surface area contributed by atoms with Gasteiger partial charge in [-0.25, -0.2) is 23.4 Å². The maximum atomic E-state index is 12.0. The lowest BCUT2D eigenvalue weighted by molar-refractivity contribution is 0.599. The fourth-order valence-electron chi connectivity index (χ4n) is 3.48. The number of benzene rings is 1. The second-order valence-electron chi connectivity index (χ2n) is 7.39. The standard InChI is InChI=1S/C21H20N8O2S/c1-28(32(2,30)31)19-15(4-3-8-22-19)12-29-9-7-14-11-23-21(27-20(14)29)26-16-5-6-17-18(10-16)25-13-24-17/h3-11,13H,12H2,1-2H3,(H,24,25)(H,23,26,27). The fraction of sp³-hybridized carbons (Fsp3) is 0.143. The molecule has 1 aromatic carbocycles. The number of hydrogen-bond donors (Lipinski definition) is 2. The largest absolute Gasteiger partial charge is 0.345 e. The van der Waals surface area contributed by atoms with E-state index in [1.165, 1.54) is 11.4 Å². The predicted molar refractivity (Wildman–Crippen MR) is 123 cm³/mol. The number of anilines is 3. The molecule has 0 amide bonds. The summed E-state index contributed by atoms with van der Waals surface area (Å²) in [5.41, 5.74) is 4.12. The number of rotatable bonds is 6. The molecule has 0 radical (unpaired) electrons. The number of hydrogen-bond acceptors (Lipinski definition) is 7. The van der Waals surface area contributed by atoms with E-state index in [1.54, 1.807) is 24.8 Å². The van der Waals surface area contributed by atoms with Gasteiger partial charge in [0.1, 0.15) is 11.5 Å². The molecule has 0 aliphatic heterocycles. The molecule has 4 aromatic heterocycles. The normalized spacial score (nSPS) is 11.8. The van der Waals surface area contributed by atoms with Crippen molar-refractivity contribution in [2.75, 3.05) is 22.9 Å². The monoisotopic (exact) mass is 448 g/mol. The lowest BCUT2D eigenvalue weighted by Crippen LogP contribution is -2.27. The van der Waals surface area contributed by atoms with Crippen molar-refractivity contribution in [3.05, 3.63) is 66.9 Å². The maximum Gasteiger partial charge on any atom is 0.233 e. The summed E-state index contributed by atoms with van der Waals surface area (Å²) in [4.78, 5) is 20.7. The number of nitrogens with one attached hydrogen (secondary N) is 2. The average Bonchev–Trinajstić information content (AvgIpc) is 3.40. The van der Waals surface area contributed by atoms with Crippen molar-refractivity contribution in [2.24, 2.45) is 0 Å². The van der Waals surface area contributed by atoms with Gasteiger partial charge in [-0.2, -0.15) is 4.98 Å². The van der Waals surface area contributed by atoms with Gasteiger partial charge in [-0.1, -0.05) is 6.07 Å². The molecule has 10 nitrogen and oxygen atoms in total. The second-order valence-corrected chi connectivity index (χ2v) is 9.41. The Morgan fingerprint density at radius 2 is 2.03 bits per heavy atom. The first-order valence-electron chi connectivity index (χ1n) is 9.78. The molecule has 0 saturated carbocycles. The first-order chi connectivity index (χ1) is 15.4. The highest BCUT2D eigenvalue weighted by atomic mass is 32.2. The number of nitrogens with zero attached hydrogens (tertiary/aromatic N) is 6. The van der Waals surface area contributed by atoms with Gasteiger partial charge in [0.25, 0.3) is 0 Å². The molecule has 0 unspecified atom stereocenters. The predicted octanol–water partition coefficient (Wildman–Crippen LogP) is 2.89. The van der Waals surface area contributed by atoms with Gasteiger partial charge < -0.3 is 14.9 Å². The molecule has 0 aliphatic rings. The Labute approximate surface area is 184 Å². The highest BCUT2D eigenvalue weighted by Crippen LogP contribution is 2.23. The number of fused-ring (bicyclic) bond motifs is 2. The van der Waals surface area contributed by atoms with Gasteiger partial charge in [-0.3, -0.25) is 4.31 Å². The van der Waals surface area contributed by atoms with Crippen molar-refractivity contribution >= 4 is 49.5 Å². The molecule has 4 heterocycles.